The van der Waals surface area contributed by atoms with Crippen molar-refractivity contribution >= 4 is 5.97 Å². The third kappa shape index (κ3) is 1.57. The molecule has 3 rings (SSSR count). The van der Waals surface area contributed by atoms with Crippen LogP contribution in [0.5, 0.6) is 0 Å². The summed E-state index contributed by atoms with van der Waals surface area (Å²) in [5.74, 6) is 2.46. The van der Waals surface area contributed by atoms with Crippen molar-refractivity contribution in [2.75, 3.05) is 0 Å². The van der Waals surface area contributed by atoms with E-state index in [0.717, 1.165) is 37.0 Å². The smallest absolute Gasteiger partial charge is 0.309 e. The summed E-state index contributed by atoms with van der Waals surface area (Å²) in [5.41, 5.74) is -0.408. The van der Waals surface area contributed by atoms with E-state index in [1.54, 1.807) is 0 Å². The molecule has 0 heterocycles. The highest BCUT2D eigenvalue weighted by atomic mass is 16.4. The number of carbonyl (C=O) groups is 1. The van der Waals surface area contributed by atoms with E-state index in [0.29, 0.717) is 5.92 Å². The fourth-order valence-corrected chi connectivity index (χ4v) is 4.32. The van der Waals surface area contributed by atoms with Crippen LogP contribution < -0.4 is 0 Å². The molecule has 1 N–H and O–H groups in total. The van der Waals surface area contributed by atoms with Gasteiger partial charge in [-0.05, 0) is 69.1 Å². The molecule has 3 aliphatic rings. The first kappa shape index (κ1) is 10.6. The van der Waals surface area contributed by atoms with Gasteiger partial charge in [0.25, 0.3) is 0 Å². The molecular formula is C14H22O2. The quantitative estimate of drug-likeness (QED) is 0.792. The molecule has 0 aromatic rings. The average molecular weight is 222 g/mol. The molecule has 0 spiro atoms. The van der Waals surface area contributed by atoms with Crippen LogP contribution in [-0.2, 0) is 4.79 Å². The van der Waals surface area contributed by atoms with Crippen LogP contribution in [-0.4, -0.2) is 11.1 Å². The van der Waals surface area contributed by atoms with Gasteiger partial charge in [-0.1, -0.05) is 6.42 Å². The van der Waals surface area contributed by atoms with E-state index in [2.05, 4.69) is 0 Å². The van der Waals surface area contributed by atoms with Gasteiger partial charge in [0.15, 0.2) is 0 Å². The molecule has 2 bridgehead atoms. The zero-order chi connectivity index (χ0) is 11.3. The minimum atomic E-state index is -0.544. The van der Waals surface area contributed by atoms with Gasteiger partial charge in [0.05, 0.1) is 5.41 Å². The highest BCUT2D eigenvalue weighted by molar-refractivity contribution is 5.75. The molecular weight excluding hydrogens is 200 g/mol. The van der Waals surface area contributed by atoms with Crippen molar-refractivity contribution in [2.24, 2.45) is 29.1 Å². The molecule has 4 atom stereocenters. The summed E-state index contributed by atoms with van der Waals surface area (Å²) in [6, 6.07) is 0. The Labute approximate surface area is 97.4 Å². The molecule has 0 aromatic heterocycles. The van der Waals surface area contributed by atoms with Crippen molar-refractivity contribution in [3.63, 3.8) is 0 Å². The lowest BCUT2D eigenvalue weighted by Crippen LogP contribution is -2.33. The molecule has 3 saturated carbocycles. The van der Waals surface area contributed by atoms with Crippen molar-refractivity contribution in [3.05, 3.63) is 0 Å². The van der Waals surface area contributed by atoms with Crippen LogP contribution in [0.25, 0.3) is 0 Å². The first-order chi connectivity index (χ1) is 7.59. The van der Waals surface area contributed by atoms with Gasteiger partial charge in [-0.15, -0.1) is 0 Å². The Morgan fingerprint density at radius 1 is 1.25 bits per heavy atom. The van der Waals surface area contributed by atoms with E-state index in [4.69, 9.17) is 0 Å². The Hall–Kier alpha value is -0.530. The van der Waals surface area contributed by atoms with E-state index in [-0.39, 0.29) is 0 Å². The predicted molar refractivity (Wildman–Crippen MR) is 62.0 cm³/mol. The molecule has 0 aromatic carbocycles. The highest BCUT2D eigenvalue weighted by Gasteiger charge is 2.51. The summed E-state index contributed by atoms with van der Waals surface area (Å²) in [7, 11) is 0. The molecule has 3 fully saturated rings. The number of hydrogen-bond acceptors (Lipinski definition) is 1. The zero-order valence-electron chi connectivity index (χ0n) is 10.1. The number of hydrogen-bond donors (Lipinski definition) is 1. The zero-order valence-corrected chi connectivity index (χ0v) is 10.1. The Morgan fingerprint density at radius 2 is 2.00 bits per heavy atom. The Kier molecular flexibility index (Phi) is 2.31. The fourth-order valence-electron chi connectivity index (χ4n) is 4.32. The van der Waals surface area contributed by atoms with Crippen LogP contribution in [0.4, 0.5) is 0 Å². The topological polar surface area (TPSA) is 37.3 Å². The second kappa shape index (κ2) is 3.48. The maximum atomic E-state index is 11.5. The lowest BCUT2D eigenvalue weighted by molar-refractivity contribution is -0.150. The van der Waals surface area contributed by atoms with Crippen LogP contribution in [0.3, 0.4) is 0 Å². The largest absolute Gasteiger partial charge is 0.481 e. The molecule has 90 valence electrons. The van der Waals surface area contributed by atoms with Crippen LogP contribution in [0.15, 0.2) is 0 Å². The number of fused-ring (bicyclic) bond motifs is 2. The molecule has 2 nitrogen and oxygen atoms in total. The lowest BCUT2D eigenvalue weighted by Gasteiger charge is -2.32. The third-order valence-corrected chi connectivity index (χ3v) is 5.54. The first-order valence-electron chi connectivity index (χ1n) is 6.83. The molecule has 0 radical (unpaired) electrons. The highest BCUT2D eigenvalue weighted by Crippen LogP contribution is 2.56. The maximum absolute atomic E-state index is 11.5. The van der Waals surface area contributed by atoms with Crippen LogP contribution in [0.1, 0.15) is 51.9 Å². The monoisotopic (exact) mass is 222 g/mol. The minimum absolute atomic E-state index is 0.408. The second-order valence-electron chi connectivity index (χ2n) is 6.64. The normalized spacial score (nSPS) is 40.9. The van der Waals surface area contributed by atoms with Crippen molar-refractivity contribution in [2.45, 2.75) is 51.9 Å². The average Bonchev–Trinajstić information content (AvgIpc) is 2.91. The van der Waals surface area contributed by atoms with Crippen molar-refractivity contribution in [3.8, 4) is 0 Å². The number of rotatable bonds is 4. The maximum Gasteiger partial charge on any atom is 0.309 e. The Bertz CT molecular complexity index is 308. The number of aliphatic carboxylic acids is 1. The summed E-state index contributed by atoms with van der Waals surface area (Å²) in [4.78, 5) is 11.5. The summed E-state index contributed by atoms with van der Waals surface area (Å²) in [6.07, 6.45) is 8.73. The Balaban J connectivity index is 1.70. The van der Waals surface area contributed by atoms with E-state index in [1.165, 1.54) is 25.7 Å². The standard InChI is InChI=1S/C14H22O2/c1-14(13(15)16,12-4-5-12)8-11-7-9-2-3-10(11)6-9/h9-12H,2-8H2,1H3,(H,15,16). The Morgan fingerprint density at radius 3 is 2.44 bits per heavy atom. The van der Waals surface area contributed by atoms with E-state index >= 15 is 0 Å². The van der Waals surface area contributed by atoms with E-state index in [9.17, 15) is 9.90 Å². The first-order valence-corrected chi connectivity index (χ1v) is 6.83. The van der Waals surface area contributed by atoms with Crippen LogP contribution >= 0.6 is 0 Å². The molecule has 3 aliphatic carbocycles. The van der Waals surface area contributed by atoms with Gasteiger partial charge in [0, 0.05) is 0 Å². The predicted octanol–water partition coefficient (Wildman–Crippen LogP) is 3.31. The SMILES string of the molecule is CC(CC1CC2CCC1C2)(C(=O)O)C1CC1. The van der Waals surface area contributed by atoms with Crippen LogP contribution in [0.2, 0.25) is 0 Å². The lowest BCUT2D eigenvalue weighted by atomic mass is 9.72. The van der Waals surface area contributed by atoms with Gasteiger partial charge in [-0.2, -0.15) is 0 Å². The second-order valence-corrected chi connectivity index (χ2v) is 6.64. The molecule has 0 amide bonds. The summed E-state index contributed by atoms with van der Waals surface area (Å²) >= 11 is 0. The van der Waals surface area contributed by atoms with Gasteiger partial charge < -0.3 is 5.11 Å². The number of carboxylic acids is 1. The van der Waals surface area contributed by atoms with Crippen molar-refractivity contribution < 1.29 is 9.90 Å². The summed E-state index contributed by atoms with van der Waals surface area (Å²) < 4.78 is 0. The van der Waals surface area contributed by atoms with Gasteiger partial charge in [-0.3, -0.25) is 4.79 Å². The van der Waals surface area contributed by atoms with Gasteiger partial charge in [-0.25, -0.2) is 0 Å². The van der Waals surface area contributed by atoms with Crippen molar-refractivity contribution in [1.29, 1.82) is 0 Å². The molecule has 0 saturated heterocycles. The van der Waals surface area contributed by atoms with Gasteiger partial charge in [0.1, 0.15) is 0 Å². The van der Waals surface area contributed by atoms with Crippen LogP contribution in [0, 0.1) is 29.1 Å². The molecule has 4 unspecified atom stereocenters. The van der Waals surface area contributed by atoms with E-state index < -0.39 is 11.4 Å². The van der Waals surface area contributed by atoms with E-state index in [1.807, 2.05) is 6.92 Å². The molecule has 0 aliphatic heterocycles. The molecule has 16 heavy (non-hydrogen) atoms. The molecule has 2 heteroatoms. The van der Waals surface area contributed by atoms with Crippen molar-refractivity contribution in [1.82, 2.24) is 0 Å². The fraction of sp³-hybridized carbons (Fsp3) is 0.929. The van der Waals surface area contributed by atoms with Gasteiger partial charge in [0.2, 0.25) is 0 Å². The van der Waals surface area contributed by atoms with Gasteiger partial charge >= 0.3 is 5.97 Å². The third-order valence-electron chi connectivity index (χ3n) is 5.54. The summed E-state index contributed by atoms with van der Waals surface area (Å²) in [6.45, 7) is 2.00. The minimum Gasteiger partial charge on any atom is -0.481 e. The summed E-state index contributed by atoms with van der Waals surface area (Å²) in [5, 5.41) is 9.47. The number of carboxylic acid groups (broad SMARTS) is 1.